The second-order valence-electron chi connectivity index (χ2n) is 5.62. The van der Waals surface area contributed by atoms with Gasteiger partial charge in [0.1, 0.15) is 5.82 Å². The van der Waals surface area contributed by atoms with Gasteiger partial charge in [0.2, 0.25) is 15.9 Å². The van der Waals surface area contributed by atoms with Crippen molar-refractivity contribution in [1.82, 2.24) is 14.6 Å². The average Bonchev–Trinajstić information content (AvgIpc) is 2.56. The van der Waals surface area contributed by atoms with Crippen LogP contribution in [-0.4, -0.2) is 43.0 Å². The van der Waals surface area contributed by atoms with Gasteiger partial charge in [-0.25, -0.2) is 12.8 Å². The molecule has 0 radical (unpaired) electrons. The molecule has 2 aromatic rings. The van der Waals surface area contributed by atoms with Crippen LogP contribution in [0.1, 0.15) is 11.1 Å². The van der Waals surface area contributed by atoms with E-state index in [1.54, 1.807) is 36.7 Å². The molecule has 0 bridgehead atoms. The van der Waals surface area contributed by atoms with Crippen LogP contribution in [0.15, 0.2) is 48.8 Å². The lowest BCUT2D eigenvalue weighted by Gasteiger charge is -2.19. The first-order valence-corrected chi connectivity index (χ1v) is 9.54. The standard InChI is InChI=1S/C17H20FN3O3S/c1-25(23,24)21(12-15-3-2-9-19-11-15)13-17(22)20-10-8-14-4-6-16(18)7-5-14/h2-7,9,11H,8,10,12-13H2,1H3,(H,20,22). The van der Waals surface area contributed by atoms with Gasteiger partial charge in [-0.05, 0) is 35.7 Å². The van der Waals surface area contributed by atoms with Gasteiger partial charge in [-0.15, -0.1) is 0 Å². The molecule has 1 heterocycles. The topological polar surface area (TPSA) is 79.4 Å². The van der Waals surface area contributed by atoms with Crippen molar-refractivity contribution in [1.29, 1.82) is 0 Å². The minimum atomic E-state index is -3.54. The van der Waals surface area contributed by atoms with E-state index in [1.807, 2.05) is 0 Å². The highest BCUT2D eigenvalue weighted by Gasteiger charge is 2.20. The Hall–Kier alpha value is -2.32. The lowest BCUT2D eigenvalue weighted by molar-refractivity contribution is -0.121. The Morgan fingerprint density at radius 2 is 1.92 bits per heavy atom. The summed E-state index contributed by atoms with van der Waals surface area (Å²) in [6.45, 7) is 0.157. The summed E-state index contributed by atoms with van der Waals surface area (Å²) in [4.78, 5) is 16.0. The van der Waals surface area contributed by atoms with Gasteiger partial charge in [-0.2, -0.15) is 4.31 Å². The summed E-state index contributed by atoms with van der Waals surface area (Å²) in [5, 5.41) is 2.68. The van der Waals surface area contributed by atoms with Crippen LogP contribution in [0.3, 0.4) is 0 Å². The molecule has 1 amide bonds. The molecule has 0 fully saturated rings. The molecule has 0 aliphatic carbocycles. The van der Waals surface area contributed by atoms with Crippen LogP contribution in [0.5, 0.6) is 0 Å². The summed E-state index contributed by atoms with van der Waals surface area (Å²) in [6, 6.07) is 9.46. The summed E-state index contributed by atoms with van der Waals surface area (Å²) in [7, 11) is -3.54. The summed E-state index contributed by atoms with van der Waals surface area (Å²) in [5.41, 5.74) is 1.59. The average molecular weight is 365 g/mol. The summed E-state index contributed by atoms with van der Waals surface area (Å²) in [6.07, 6.45) is 4.75. The van der Waals surface area contributed by atoms with E-state index in [-0.39, 0.29) is 18.9 Å². The van der Waals surface area contributed by atoms with Crippen LogP contribution < -0.4 is 5.32 Å². The first kappa shape index (κ1) is 19.0. The number of halogens is 1. The predicted octanol–water partition coefficient (Wildman–Crippen LogP) is 1.34. The quantitative estimate of drug-likeness (QED) is 0.766. The maximum Gasteiger partial charge on any atom is 0.235 e. The Kier molecular flexibility index (Phi) is 6.60. The minimum Gasteiger partial charge on any atom is -0.355 e. The van der Waals surface area contributed by atoms with Crippen LogP contribution in [-0.2, 0) is 27.8 Å². The van der Waals surface area contributed by atoms with Crippen LogP contribution in [0, 0.1) is 5.82 Å². The van der Waals surface area contributed by atoms with Crippen LogP contribution in [0.4, 0.5) is 4.39 Å². The second-order valence-corrected chi connectivity index (χ2v) is 7.60. The third-order valence-electron chi connectivity index (χ3n) is 3.52. The number of aromatic nitrogens is 1. The molecule has 0 spiro atoms. The molecule has 1 aromatic carbocycles. The fourth-order valence-electron chi connectivity index (χ4n) is 2.20. The van der Waals surface area contributed by atoms with Gasteiger partial charge in [-0.3, -0.25) is 9.78 Å². The highest BCUT2D eigenvalue weighted by Crippen LogP contribution is 2.07. The number of nitrogens with one attached hydrogen (secondary N) is 1. The van der Waals surface area contributed by atoms with Crippen molar-refractivity contribution in [3.63, 3.8) is 0 Å². The number of benzene rings is 1. The van der Waals surface area contributed by atoms with E-state index in [0.717, 1.165) is 16.1 Å². The highest BCUT2D eigenvalue weighted by atomic mass is 32.2. The number of carbonyl (C=O) groups is 1. The van der Waals surface area contributed by atoms with E-state index in [4.69, 9.17) is 0 Å². The molecule has 134 valence electrons. The molecular weight excluding hydrogens is 345 g/mol. The monoisotopic (exact) mass is 365 g/mol. The molecule has 0 unspecified atom stereocenters. The van der Waals surface area contributed by atoms with Crippen molar-refractivity contribution in [2.45, 2.75) is 13.0 Å². The van der Waals surface area contributed by atoms with Crippen LogP contribution in [0.25, 0.3) is 0 Å². The van der Waals surface area contributed by atoms with Gasteiger partial charge in [0, 0.05) is 25.5 Å². The number of rotatable bonds is 8. The Labute approximate surface area is 146 Å². The summed E-state index contributed by atoms with van der Waals surface area (Å²) >= 11 is 0. The zero-order chi connectivity index (χ0) is 18.3. The molecule has 1 aromatic heterocycles. The molecule has 0 aliphatic heterocycles. The van der Waals surface area contributed by atoms with E-state index in [1.165, 1.54) is 12.1 Å². The van der Waals surface area contributed by atoms with E-state index >= 15 is 0 Å². The van der Waals surface area contributed by atoms with Gasteiger partial charge >= 0.3 is 0 Å². The molecular formula is C17H20FN3O3S. The summed E-state index contributed by atoms with van der Waals surface area (Å²) in [5.74, 6) is -0.705. The molecule has 2 rings (SSSR count). The fraction of sp³-hybridized carbons (Fsp3) is 0.294. The molecule has 25 heavy (non-hydrogen) atoms. The third-order valence-corrected chi connectivity index (χ3v) is 4.72. The molecule has 8 heteroatoms. The summed E-state index contributed by atoms with van der Waals surface area (Å²) < 4.78 is 37.7. The maximum atomic E-state index is 12.8. The van der Waals surface area contributed by atoms with Crippen molar-refractivity contribution in [3.8, 4) is 0 Å². The number of amides is 1. The lowest BCUT2D eigenvalue weighted by Crippen LogP contribution is -2.40. The highest BCUT2D eigenvalue weighted by molar-refractivity contribution is 7.88. The zero-order valence-electron chi connectivity index (χ0n) is 13.9. The molecule has 0 saturated carbocycles. The number of nitrogens with zero attached hydrogens (tertiary/aromatic N) is 2. The Balaban J connectivity index is 1.87. The Morgan fingerprint density at radius 3 is 2.52 bits per heavy atom. The first-order chi connectivity index (χ1) is 11.8. The lowest BCUT2D eigenvalue weighted by atomic mass is 10.1. The van der Waals surface area contributed by atoms with Gasteiger partial charge in [0.05, 0.1) is 12.8 Å². The van der Waals surface area contributed by atoms with Gasteiger partial charge in [0.15, 0.2) is 0 Å². The first-order valence-electron chi connectivity index (χ1n) is 7.70. The zero-order valence-corrected chi connectivity index (χ0v) is 14.7. The molecule has 0 aliphatic rings. The van der Waals surface area contributed by atoms with E-state index < -0.39 is 15.9 Å². The van der Waals surface area contributed by atoms with E-state index in [9.17, 15) is 17.6 Å². The van der Waals surface area contributed by atoms with Gasteiger partial charge in [0.25, 0.3) is 0 Å². The fourth-order valence-corrected chi connectivity index (χ4v) is 2.93. The van der Waals surface area contributed by atoms with Crippen molar-refractivity contribution < 1.29 is 17.6 Å². The molecule has 6 nitrogen and oxygen atoms in total. The SMILES string of the molecule is CS(=O)(=O)N(CC(=O)NCCc1ccc(F)cc1)Cc1cccnc1. The van der Waals surface area contributed by atoms with Gasteiger partial charge < -0.3 is 5.32 Å². The minimum absolute atomic E-state index is 0.0814. The third kappa shape index (κ3) is 6.60. The number of hydrogen-bond acceptors (Lipinski definition) is 4. The van der Waals surface area contributed by atoms with Crippen molar-refractivity contribution >= 4 is 15.9 Å². The smallest absolute Gasteiger partial charge is 0.235 e. The normalized spacial score (nSPS) is 11.5. The van der Waals surface area contributed by atoms with Crippen LogP contribution in [0.2, 0.25) is 0 Å². The Morgan fingerprint density at radius 1 is 1.20 bits per heavy atom. The number of sulfonamides is 1. The van der Waals surface area contributed by atoms with Crippen LogP contribution >= 0.6 is 0 Å². The largest absolute Gasteiger partial charge is 0.355 e. The maximum absolute atomic E-state index is 12.8. The van der Waals surface area contributed by atoms with Crippen molar-refractivity contribution in [2.75, 3.05) is 19.3 Å². The molecule has 0 atom stereocenters. The molecule has 0 saturated heterocycles. The van der Waals surface area contributed by atoms with Crippen molar-refractivity contribution in [2.24, 2.45) is 0 Å². The van der Waals surface area contributed by atoms with Gasteiger partial charge in [-0.1, -0.05) is 18.2 Å². The van der Waals surface area contributed by atoms with E-state index in [2.05, 4.69) is 10.3 Å². The number of pyridine rings is 1. The van der Waals surface area contributed by atoms with Crippen molar-refractivity contribution in [3.05, 3.63) is 65.7 Å². The Bertz CT molecular complexity index is 796. The second kappa shape index (κ2) is 8.68. The number of carbonyl (C=O) groups excluding carboxylic acids is 1. The number of hydrogen-bond donors (Lipinski definition) is 1. The predicted molar refractivity (Wildman–Crippen MR) is 92.6 cm³/mol. The molecule has 1 N–H and O–H groups in total. The van der Waals surface area contributed by atoms with E-state index in [0.29, 0.717) is 18.5 Å².